The van der Waals surface area contributed by atoms with Crippen LogP contribution in [0.1, 0.15) is 23.2 Å². The van der Waals surface area contributed by atoms with Gasteiger partial charge in [-0.3, -0.25) is 4.79 Å². The Hall–Kier alpha value is -2.25. The second-order valence-corrected chi connectivity index (χ2v) is 5.86. The lowest BCUT2D eigenvalue weighted by Gasteiger charge is -2.08. The van der Waals surface area contributed by atoms with Crippen molar-refractivity contribution in [3.05, 3.63) is 47.3 Å². The summed E-state index contributed by atoms with van der Waals surface area (Å²) in [5.74, 6) is -0.833. The molecule has 0 radical (unpaired) electrons. The van der Waals surface area contributed by atoms with Gasteiger partial charge in [0.1, 0.15) is 11.7 Å². The number of hydrogen-bond acceptors (Lipinski definition) is 5. The monoisotopic (exact) mass is 316 g/mol. The van der Waals surface area contributed by atoms with E-state index in [9.17, 15) is 4.79 Å². The molecule has 2 aromatic rings. The van der Waals surface area contributed by atoms with Crippen LogP contribution in [0.2, 0.25) is 0 Å². The van der Waals surface area contributed by atoms with Crippen molar-refractivity contribution in [1.29, 1.82) is 0 Å². The number of rotatable bonds is 6. The quantitative estimate of drug-likeness (QED) is 0.825. The fraction of sp³-hybridized carbons (Fsp3) is 0.438. The van der Waals surface area contributed by atoms with E-state index in [1.165, 1.54) is 5.56 Å². The van der Waals surface area contributed by atoms with Crippen LogP contribution in [0.3, 0.4) is 0 Å². The highest BCUT2D eigenvalue weighted by atomic mass is 16.5. The Morgan fingerprint density at radius 1 is 1.43 bits per heavy atom. The summed E-state index contributed by atoms with van der Waals surface area (Å²) in [5, 5.41) is 20.0. The molecule has 1 aromatic heterocycles. The first-order valence-corrected chi connectivity index (χ1v) is 7.62. The van der Waals surface area contributed by atoms with E-state index in [4.69, 9.17) is 9.84 Å². The largest absolute Gasteiger partial charge is 0.480 e. The first-order chi connectivity index (χ1) is 11.1. The van der Waals surface area contributed by atoms with Gasteiger partial charge in [-0.15, -0.1) is 5.10 Å². The molecule has 7 heteroatoms. The van der Waals surface area contributed by atoms with Crippen LogP contribution < -0.4 is 5.32 Å². The van der Waals surface area contributed by atoms with Crippen LogP contribution in [0.25, 0.3) is 0 Å². The summed E-state index contributed by atoms with van der Waals surface area (Å²) in [6, 6.07) is 7.77. The second kappa shape index (κ2) is 6.89. The van der Waals surface area contributed by atoms with E-state index in [0.717, 1.165) is 11.3 Å². The number of hydrogen-bond donors (Lipinski definition) is 2. The zero-order valence-electron chi connectivity index (χ0n) is 13.0. The maximum Gasteiger partial charge on any atom is 0.320 e. The first-order valence-electron chi connectivity index (χ1n) is 7.62. The highest BCUT2D eigenvalue weighted by molar-refractivity contribution is 5.73. The van der Waals surface area contributed by atoms with E-state index in [0.29, 0.717) is 26.1 Å². The lowest BCUT2D eigenvalue weighted by atomic mass is 10.1. The third-order valence-corrected chi connectivity index (χ3v) is 3.91. The summed E-state index contributed by atoms with van der Waals surface area (Å²) in [6.45, 7) is 3.61. The molecule has 1 aromatic carbocycles. The number of ether oxygens (including phenoxy) is 1. The Balaban J connectivity index is 1.50. The summed E-state index contributed by atoms with van der Waals surface area (Å²) in [5.41, 5.74) is 3.14. The average Bonchev–Trinajstić information content (AvgIpc) is 3.17. The Morgan fingerprint density at radius 2 is 2.22 bits per heavy atom. The lowest BCUT2D eigenvalue weighted by Crippen LogP contribution is -2.29. The Morgan fingerprint density at radius 3 is 2.91 bits per heavy atom. The van der Waals surface area contributed by atoms with Gasteiger partial charge in [-0.05, 0) is 12.5 Å². The first kappa shape index (κ1) is 15.6. The molecule has 0 saturated carbocycles. The molecule has 1 aliphatic rings. The highest BCUT2D eigenvalue weighted by Crippen LogP contribution is 2.12. The van der Waals surface area contributed by atoms with E-state index < -0.39 is 12.0 Å². The molecule has 1 aliphatic heterocycles. The number of carboxylic acids is 1. The van der Waals surface area contributed by atoms with Crippen molar-refractivity contribution in [2.24, 2.45) is 0 Å². The fourth-order valence-electron chi connectivity index (χ4n) is 2.58. The van der Waals surface area contributed by atoms with Crippen molar-refractivity contribution >= 4 is 5.97 Å². The van der Waals surface area contributed by atoms with Gasteiger partial charge >= 0.3 is 5.97 Å². The van der Waals surface area contributed by atoms with Gasteiger partial charge in [-0.25, -0.2) is 4.68 Å². The van der Waals surface area contributed by atoms with Gasteiger partial charge in [-0.2, -0.15) is 0 Å². The van der Waals surface area contributed by atoms with Crippen LogP contribution in [-0.2, 0) is 22.7 Å². The molecule has 0 aliphatic carbocycles. The van der Waals surface area contributed by atoms with Crippen molar-refractivity contribution in [3.63, 3.8) is 0 Å². The molecule has 2 N–H and O–H groups in total. The predicted molar refractivity (Wildman–Crippen MR) is 82.9 cm³/mol. The summed E-state index contributed by atoms with van der Waals surface area (Å²) >= 11 is 0. The minimum Gasteiger partial charge on any atom is -0.480 e. The molecule has 0 bridgehead atoms. The third-order valence-electron chi connectivity index (χ3n) is 3.91. The molecule has 122 valence electrons. The molecule has 2 atom stereocenters. The van der Waals surface area contributed by atoms with E-state index in [1.807, 2.05) is 6.20 Å². The molecule has 1 fully saturated rings. The van der Waals surface area contributed by atoms with E-state index in [1.54, 1.807) is 4.68 Å². The fourth-order valence-corrected chi connectivity index (χ4v) is 2.58. The Kier molecular flexibility index (Phi) is 4.68. The minimum absolute atomic E-state index is 0.0988. The number of benzene rings is 1. The summed E-state index contributed by atoms with van der Waals surface area (Å²) in [4.78, 5) is 10.9. The number of nitrogens with zero attached hydrogens (tertiary/aromatic N) is 3. The van der Waals surface area contributed by atoms with Gasteiger partial charge in [0.05, 0.1) is 25.5 Å². The second-order valence-electron chi connectivity index (χ2n) is 5.86. The maximum absolute atomic E-state index is 10.9. The summed E-state index contributed by atoms with van der Waals surface area (Å²) in [7, 11) is 0. The van der Waals surface area contributed by atoms with Gasteiger partial charge < -0.3 is 15.2 Å². The molecule has 1 saturated heterocycles. The highest BCUT2D eigenvalue weighted by Gasteiger charge is 2.29. The van der Waals surface area contributed by atoms with Crippen LogP contribution in [0, 0.1) is 6.92 Å². The van der Waals surface area contributed by atoms with Gasteiger partial charge in [0.25, 0.3) is 0 Å². The Labute approximate surface area is 134 Å². The molecule has 0 amide bonds. The van der Waals surface area contributed by atoms with E-state index in [-0.39, 0.29) is 6.10 Å². The molecule has 3 rings (SSSR count). The maximum atomic E-state index is 10.9. The van der Waals surface area contributed by atoms with E-state index in [2.05, 4.69) is 46.8 Å². The smallest absolute Gasteiger partial charge is 0.320 e. The minimum atomic E-state index is -0.833. The lowest BCUT2D eigenvalue weighted by molar-refractivity contribution is -0.139. The average molecular weight is 316 g/mol. The van der Waals surface area contributed by atoms with Crippen LogP contribution in [-0.4, -0.2) is 44.8 Å². The molecular weight excluding hydrogens is 296 g/mol. The SMILES string of the molecule is Cc1ccc(Cn2cc(CO[C@H]3CN[C@H](C(=O)O)C3)nn2)cc1. The summed E-state index contributed by atoms with van der Waals surface area (Å²) < 4.78 is 7.48. The van der Waals surface area contributed by atoms with E-state index >= 15 is 0 Å². The van der Waals surface area contributed by atoms with Crippen molar-refractivity contribution in [3.8, 4) is 0 Å². The van der Waals surface area contributed by atoms with Crippen molar-refractivity contribution < 1.29 is 14.6 Å². The molecule has 2 heterocycles. The van der Waals surface area contributed by atoms with Crippen molar-refractivity contribution in [2.75, 3.05) is 6.54 Å². The molecule has 23 heavy (non-hydrogen) atoms. The third kappa shape index (κ3) is 4.14. The molecule has 0 spiro atoms. The van der Waals surface area contributed by atoms with Crippen molar-refractivity contribution in [2.45, 2.75) is 38.6 Å². The zero-order chi connectivity index (χ0) is 16.2. The number of nitrogens with one attached hydrogen (secondary N) is 1. The topological polar surface area (TPSA) is 89.3 Å². The molecular formula is C16H20N4O3. The number of aromatic nitrogens is 3. The van der Waals surface area contributed by atoms with Crippen LogP contribution in [0.5, 0.6) is 0 Å². The molecule has 7 nitrogen and oxygen atoms in total. The summed E-state index contributed by atoms with van der Waals surface area (Å²) in [6.07, 6.45) is 2.24. The van der Waals surface area contributed by atoms with Gasteiger partial charge in [0.2, 0.25) is 0 Å². The van der Waals surface area contributed by atoms with Gasteiger partial charge in [0, 0.05) is 13.0 Å². The van der Waals surface area contributed by atoms with Crippen molar-refractivity contribution in [1.82, 2.24) is 20.3 Å². The predicted octanol–water partition coefficient (Wildman–Crippen LogP) is 0.967. The number of carbonyl (C=O) groups is 1. The van der Waals surface area contributed by atoms with Crippen LogP contribution in [0.4, 0.5) is 0 Å². The normalized spacial score (nSPS) is 20.7. The standard InChI is InChI=1S/C16H20N4O3/c1-11-2-4-12(5-3-11)8-20-9-13(18-19-20)10-23-14-6-15(16(21)22)17-7-14/h2-5,9,14-15,17H,6-8,10H2,1H3,(H,21,22)/t14-,15+/m1/s1. The van der Waals surface area contributed by atoms with Gasteiger partial charge in [0.15, 0.2) is 0 Å². The van der Waals surface area contributed by atoms with Gasteiger partial charge in [-0.1, -0.05) is 35.0 Å². The van der Waals surface area contributed by atoms with Crippen LogP contribution >= 0.6 is 0 Å². The number of aliphatic carboxylic acids is 1. The number of carboxylic acid groups (broad SMARTS) is 1. The Bertz CT molecular complexity index is 668. The zero-order valence-corrected chi connectivity index (χ0v) is 13.0. The molecule has 0 unspecified atom stereocenters. The number of aryl methyl sites for hydroxylation is 1. The van der Waals surface area contributed by atoms with Crippen LogP contribution in [0.15, 0.2) is 30.5 Å².